The van der Waals surface area contributed by atoms with Gasteiger partial charge in [-0.05, 0) is 29.7 Å². The van der Waals surface area contributed by atoms with Crippen molar-refractivity contribution in [3.63, 3.8) is 0 Å². The van der Waals surface area contributed by atoms with Gasteiger partial charge in [0.2, 0.25) is 0 Å². The van der Waals surface area contributed by atoms with Crippen LogP contribution in [0.4, 0.5) is 0 Å². The van der Waals surface area contributed by atoms with E-state index in [1.807, 2.05) is 36.4 Å². The number of phenolic OH excluding ortho intramolecular Hbond substituents is 1. The second kappa shape index (κ2) is 6.16. The summed E-state index contributed by atoms with van der Waals surface area (Å²) in [4.78, 5) is 18.9. The Kier molecular flexibility index (Phi) is 4.22. The van der Waals surface area contributed by atoms with E-state index in [4.69, 9.17) is 0 Å². The average molecular weight is 312 g/mol. The van der Waals surface area contributed by atoms with Gasteiger partial charge in [-0.2, -0.15) is 4.98 Å². The monoisotopic (exact) mass is 312 g/mol. The molecule has 23 heavy (non-hydrogen) atoms. The van der Waals surface area contributed by atoms with Crippen molar-refractivity contribution in [1.29, 1.82) is 0 Å². The number of aromatic amines is 1. The molecule has 0 amide bonds. The van der Waals surface area contributed by atoms with Crippen LogP contribution in [0.3, 0.4) is 0 Å². The number of benzene rings is 3. The summed E-state index contributed by atoms with van der Waals surface area (Å²) in [5.74, 6) is 0.184. The number of nitrogens with zero attached hydrogens (tertiary/aromatic N) is 1. The first-order chi connectivity index (χ1) is 10.7. The Bertz CT molecular complexity index is 1060. The molecule has 0 aliphatic rings. The van der Waals surface area contributed by atoms with Gasteiger partial charge in [0.25, 0.3) is 0 Å². The van der Waals surface area contributed by atoms with Gasteiger partial charge in [0.1, 0.15) is 5.75 Å². The molecule has 5 heteroatoms. The number of fused-ring (bicyclic) bond motifs is 3. The maximum atomic E-state index is 12.0. The van der Waals surface area contributed by atoms with Crippen LogP contribution in [0.15, 0.2) is 65.5 Å². The summed E-state index contributed by atoms with van der Waals surface area (Å²) in [6.07, 6.45) is 0. The quantitative estimate of drug-likeness (QED) is 0.419. The first-order valence-electron chi connectivity index (χ1n) is 6.93. The first kappa shape index (κ1) is 15.7. The van der Waals surface area contributed by atoms with Crippen molar-refractivity contribution in [3.05, 3.63) is 71.1 Å². The van der Waals surface area contributed by atoms with Gasteiger partial charge in [-0.15, -0.1) is 0 Å². The molecule has 0 bridgehead atoms. The summed E-state index contributed by atoms with van der Waals surface area (Å²) >= 11 is 0. The molecule has 2 N–H and O–H groups in total. The summed E-state index contributed by atoms with van der Waals surface area (Å²) in [7, 11) is 0. The van der Waals surface area contributed by atoms with E-state index in [9.17, 15) is 9.90 Å². The number of nitrogens with one attached hydrogen (secondary N) is 1. The van der Waals surface area contributed by atoms with Gasteiger partial charge in [0.15, 0.2) is 0 Å². The van der Waals surface area contributed by atoms with Crippen molar-refractivity contribution in [1.82, 2.24) is 9.97 Å². The van der Waals surface area contributed by atoms with Gasteiger partial charge in [0.05, 0.1) is 11.2 Å². The zero-order chi connectivity index (χ0) is 15.1. The van der Waals surface area contributed by atoms with E-state index < -0.39 is 0 Å². The van der Waals surface area contributed by atoms with Crippen molar-refractivity contribution in [2.45, 2.75) is 0 Å². The molecule has 0 fully saturated rings. The molecule has 0 radical (unpaired) electrons. The summed E-state index contributed by atoms with van der Waals surface area (Å²) in [6, 6.07) is 18.6. The molecule has 1 heterocycles. The molecule has 0 aliphatic heterocycles. The fraction of sp³-hybridized carbons (Fsp3) is 0. The van der Waals surface area contributed by atoms with E-state index in [0.29, 0.717) is 5.69 Å². The minimum absolute atomic E-state index is 0. The molecular weight excluding hydrogens is 299 g/mol. The van der Waals surface area contributed by atoms with Crippen LogP contribution in [0.25, 0.3) is 32.9 Å². The van der Waals surface area contributed by atoms with Crippen LogP contribution in [0.5, 0.6) is 5.75 Å². The predicted molar refractivity (Wildman–Crippen MR) is 94.1 cm³/mol. The molecule has 0 saturated heterocycles. The Balaban J connectivity index is 0.00000156. The summed E-state index contributed by atoms with van der Waals surface area (Å²) in [5, 5.41) is 12.4. The van der Waals surface area contributed by atoms with Crippen LogP contribution in [-0.4, -0.2) is 44.6 Å². The average Bonchev–Trinajstić information content (AvgIpc) is 2.55. The summed E-state index contributed by atoms with van der Waals surface area (Å²) in [6.45, 7) is 0. The number of aromatic hydroxyl groups is 1. The third-order valence-corrected chi connectivity index (χ3v) is 3.77. The molecular formula is C18H13N2NaO2. The Hall–Kier alpha value is -2.14. The third kappa shape index (κ3) is 2.77. The number of hydrogen-bond donors (Lipinski definition) is 2. The number of aromatic nitrogens is 2. The van der Waals surface area contributed by atoms with Crippen molar-refractivity contribution in [3.8, 4) is 17.0 Å². The maximum absolute atomic E-state index is 12.0. The molecule has 0 spiro atoms. The van der Waals surface area contributed by atoms with Gasteiger partial charge in [-0.3, -0.25) is 0 Å². The van der Waals surface area contributed by atoms with Gasteiger partial charge in [0, 0.05) is 16.3 Å². The van der Waals surface area contributed by atoms with E-state index in [2.05, 4.69) is 9.97 Å². The Morgan fingerprint density at radius 3 is 2.39 bits per heavy atom. The van der Waals surface area contributed by atoms with Gasteiger partial charge in [-0.25, -0.2) is 4.79 Å². The van der Waals surface area contributed by atoms with E-state index in [0.717, 1.165) is 27.2 Å². The molecule has 4 rings (SSSR count). The fourth-order valence-electron chi connectivity index (χ4n) is 2.74. The van der Waals surface area contributed by atoms with E-state index in [-0.39, 0.29) is 41.0 Å². The Morgan fingerprint density at radius 2 is 1.61 bits per heavy atom. The zero-order valence-electron chi connectivity index (χ0n) is 11.6. The van der Waals surface area contributed by atoms with Crippen LogP contribution in [0, 0.1) is 0 Å². The number of hydrogen-bond acceptors (Lipinski definition) is 3. The second-order valence-corrected chi connectivity index (χ2v) is 5.15. The predicted octanol–water partition coefficient (Wildman–Crippen LogP) is 2.80. The standard InChI is InChI=1S/C18H12N2O2.Na.H/c21-13-8-5-12(6-9-13)16-15-10-7-11-3-1-2-4-14(11)17(15)20-18(22)19-16;;/h1-10,21H,(H,19,20,22);;. The minimum atomic E-state index is -0.382. The zero-order valence-corrected chi connectivity index (χ0v) is 11.6. The van der Waals surface area contributed by atoms with E-state index >= 15 is 0 Å². The fourth-order valence-corrected chi connectivity index (χ4v) is 2.74. The topological polar surface area (TPSA) is 66.0 Å². The van der Waals surface area contributed by atoms with Gasteiger partial charge < -0.3 is 10.1 Å². The normalized spacial score (nSPS) is 10.6. The van der Waals surface area contributed by atoms with Crippen LogP contribution in [0.1, 0.15) is 0 Å². The molecule has 4 nitrogen and oxygen atoms in total. The van der Waals surface area contributed by atoms with Crippen molar-refractivity contribution < 1.29 is 5.11 Å². The molecule has 4 aromatic rings. The molecule has 0 aliphatic carbocycles. The van der Waals surface area contributed by atoms with Crippen molar-refractivity contribution in [2.24, 2.45) is 0 Å². The summed E-state index contributed by atoms with van der Waals surface area (Å²) in [5.41, 5.74) is 1.81. The molecule has 0 atom stereocenters. The molecule has 0 unspecified atom stereocenters. The van der Waals surface area contributed by atoms with Gasteiger partial charge >= 0.3 is 35.2 Å². The first-order valence-corrected chi connectivity index (χ1v) is 6.93. The number of phenols is 1. The van der Waals surface area contributed by atoms with Crippen LogP contribution in [0.2, 0.25) is 0 Å². The Labute approximate surface area is 154 Å². The van der Waals surface area contributed by atoms with Crippen LogP contribution < -0.4 is 5.69 Å². The molecule has 0 saturated carbocycles. The third-order valence-electron chi connectivity index (χ3n) is 3.77. The summed E-state index contributed by atoms with van der Waals surface area (Å²) < 4.78 is 0. The molecule has 3 aromatic carbocycles. The van der Waals surface area contributed by atoms with Crippen molar-refractivity contribution >= 4 is 51.2 Å². The van der Waals surface area contributed by atoms with E-state index in [1.54, 1.807) is 24.3 Å². The molecule has 108 valence electrons. The van der Waals surface area contributed by atoms with Gasteiger partial charge in [-0.1, -0.05) is 36.4 Å². The number of H-pyrrole nitrogens is 1. The van der Waals surface area contributed by atoms with Crippen molar-refractivity contribution in [2.75, 3.05) is 0 Å². The second-order valence-electron chi connectivity index (χ2n) is 5.15. The SMILES string of the molecule is O=c1nc(-c2ccc(O)cc2)c2ccc3ccccc3c2[nH]1.[NaH]. The van der Waals surface area contributed by atoms with Crippen LogP contribution in [-0.2, 0) is 0 Å². The number of rotatable bonds is 1. The Morgan fingerprint density at radius 1 is 0.870 bits per heavy atom. The van der Waals surface area contributed by atoms with Crippen LogP contribution >= 0.6 is 0 Å². The molecule has 1 aromatic heterocycles. The van der Waals surface area contributed by atoms with E-state index in [1.165, 1.54) is 0 Å².